The van der Waals surface area contributed by atoms with Gasteiger partial charge in [-0.2, -0.15) is 5.10 Å². The van der Waals surface area contributed by atoms with Crippen LogP contribution in [0.25, 0.3) is 0 Å². The quantitative estimate of drug-likeness (QED) is 0.887. The largest absolute Gasteiger partial charge is 0.341 e. The number of carbonyl (C=O) groups excluding carboxylic acids is 1. The summed E-state index contributed by atoms with van der Waals surface area (Å²) in [6.07, 6.45) is 4.52. The highest BCUT2D eigenvalue weighted by Crippen LogP contribution is 2.45. The molecular weight excluding hydrogens is 350 g/mol. The van der Waals surface area contributed by atoms with Crippen LogP contribution >= 0.6 is 0 Å². The standard InChI is InChI=1S/C22H29N5O/c1-16-23-21(25-24-16)22-14-26(11-17-7-3-2-4-8-17)12-19(22)13-27(15-22)20(28)18-9-5-6-10-18/h2-4,7-8,18-19H,5-6,9-15H2,1H3,(H,23,24,25)/t19-,22-/m0/s1. The first kappa shape index (κ1) is 17.9. The van der Waals surface area contributed by atoms with E-state index in [9.17, 15) is 4.79 Å². The van der Waals surface area contributed by atoms with E-state index in [1.165, 1.54) is 18.4 Å². The summed E-state index contributed by atoms with van der Waals surface area (Å²) in [5.74, 6) is 2.76. The van der Waals surface area contributed by atoms with E-state index >= 15 is 0 Å². The maximum absolute atomic E-state index is 13.1. The third-order valence-corrected chi connectivity index (χ3v) is 6.99. The number of likely N-dealkylation sites (tertiary alicyclic amines) is 2. The van der Waals surface area contributed by atoms with Crippen LogP contribution in [0.5, 0.6) is 0 Å². The van der Waals surface area contributed by atoms with Gasteiger partial charge in [0.25, 0.3) is 0 Å². The van der Waals surface area contributed by atoms with Crippen molar-refractivity contribution in [1.82, 2.24) is 25.0 Å². The van der Waals surface area contributed by atoms with Crippen molar-refractivity contribution in [2.45, 2.75) is 44.6 Å². The van der Waals surface area contributed by atoms with Gasteiger partial charge in [0.15, 0.2) is 5.82 Å². The van der Waals surface area contributed by atoms with E-state index < -0.39 is 0 Å². The van der Waals surface area contributed by atoms with Crippen molar-refractivity contribution in [3.8, 4) is 0 Å². The third kappa shape index (κ3) is 3.04. The lowest BCUT2D eigenvalue weighted by atomic mass is 9.80. The van der Waals surface area contributed by atoms with Gasteiger partial charge >= 0.3 is 0 Å². The van der Waals surface area contributed by atoms with E-state index in [1.54, 1.807) is 0 Å². The van der Waals surface area contributed by atoms with Crippen molar-refractivity contribution in [1.29, 1.82) is 0 Å². The Hall–Kier alpha value is -2.21. The van der Waals surface area contributed by atoms with Crippen molar-refractivity contribution in [3.05, 3.63) is 47.5 Å². The average Bonchev–Trinajstić information content (AvgIpc) is 3.45. The van der Waals surface area contributed by atoms with Crippen LogP contribution < -0.4 is 0 Å². The highest BCUT2D eigenvalue weighted by atomic mass is 16.2. The molecule has 6 heteroatoms. The average molecular weight is 380 g/mol. The van der Waals surface area contributed by atoms with Crippen molar-refractivity contribution in [3.63, 3.8) is 0 Å². The number of aromatic amines is 1. The normalized spacial score (nSPS) is 28.2. The van der Waals surface area contributed by atoms with E-state index in [1.807, 2.05) is 6.92 Å². The van der Waals surface area contributed by atoms with E-state index in [2.05, 4.69) is 50.3 Å². The molecule has 0 spiro atoms. The SMILES string of the molecule is Cc1nc([C@]23CN(Cc4ccccc4)C[C@H]2CN(C(=O)C2CCCC2)C3)n[nH]1. The molecule has 3 heterocycles. The van der Waals surface area contributed by atoms with E-state index in [-0.39, 0.29) is 11.3 Å². The smallest absolute Gasteiger partial charge is 0.225 e. The maximum atomic E-state index is 13.1. The summed E-state index contributed by atoms with van der Waals surface area (Å²) in [7, 11) is 0. The molecular formula is C22H29N5O. The lowest BCUT2D eigenvalue weighted by Crippen LogP contribution is -2.41. The minimum Gasteiger partial charge on any atom is -0.341 e. The number of aromatic nitrogens is 3. The fourth-order valence-corrected chi connectivity index (χ4v) is 5.61. The summed E-state index contributed by atoms with van der Waals surface area (Å²) < 4.78 is 0. The molecule has 1 amide bonds. The fraction of sp³-hybridized carbons (Fsp3) is 0.591. The third-order valence-electron chi connectivity index (χ3n) is 6.99. The van der Waals surface area contributed by atoms with Gasteiger partial charge in [-0.25, -0.2) is 4.98 Å². The molecule has 28 heavy (non-hydrogen) atoms. The predicted octanol–water partition coefficient (Wildman–Crippen LogP) is 2.52. The fourth-order valence-electron chi connectivity index (χ4n) is 5.61. The Labute approximate surface area is 166 Å². The molecule has 0 unspecified atom stereocenters. The van der Waals surface area contributed by atoms with Gasteiger partial charge in [0.05, 0.1) is 5.41 Å². The Morgan fingerprint density at radius 2 is 1.96 bits per heavy atom. The number of amides is 1. The molecule has 2 aliphatic heterocycles. The Bertz CT molecular complexity index is 844. The molecule has 1 aromatic carbocycles. The number of aryl methyl sites for hydroxylation is 1. The van der Waals surface area contributed by atoms with Gasteiger partial charge in [-0.15, -0.1) is 0 Å². The zero-order valence-electron chi connectivity index (χ0n) is 16.6. The second-order valence-electron chi connectivity index (χ2n) is 8.95. The number of hydrogen-bond acceptors (Lipinski definition) is 4. The minimum absolute atomic E-state index is 0.145. The van der Waals surface area contributed by atoms with Gasteiger partial charge < -0.3 is 4.90 Å². The zero-order valence-corrected chi connectivity index (χ0v) is 16.6. The van der Waals surface area contributed by atoms with Gasteiger partial charge in [0, 0.05) is 44.6 Å². The van der Waals surface area contributed by atoms with E-state index in [0.717, 1.165) is 57.2 Å². The summed E-state index contributed by atoms with van der Waals surface area (Å²) in [5.41, 5.74) is 1.19. The molecule has 2 aromatic rings. The van der Waals surface area contributed by atoms with Crippen molar-refractivity contribution < 1.29 is 4.79 Å². The van der Waals surface area contributed by atoms with Crippen LogP contribution in [0.1, 0.15) is 42.9 Å². The minimum atomic E-state index is -0.145. The molecule has 1 aliphatic carbocycles. The lowest BCUT2D eigenvalue weighted by molar-refractivity contribution is -0.134. The number of nitrogens with one attached hydrogen (secondary N) is 1. The summed E-state index contributed by atoms with van der Waals surface area (Å²) in [6.45, 7) is 6.41. The molecule has 1 N–H and O–H groups in total. The molecule has 3 fully saturated rings. The lowest BCUT2D eigenvalue weighted by Gasteiger charge is -2.28. The maximum Gasteiger partial charge on any atom is 0.225 e. The number of fused-ring (bicyclic) bond motifs is 1. The molecule has 5 rings (SSSR count). The van der Waals surface area contributed by atoms with Gasteiger partial charge in [-0.05, 0) is 25.3 Å². The van der Waals surface area contributed by atoms with Crippen LogP contribution in [0.3, 0.4) is 0 Å². The summed E-state index contributed by atoms with van der Waals surface area (Å²) in [5, 5.41) is 7.60. The number of carbonyl (C=O) groups is 1. The van der Waals surface area contributed by atoms with Crippen LogP contribution in [0, 0.1) is 18.8 Å². The highest BCUT2D eigenvalue weighted by Gasteiger charge is 2.57. The Morgan fingerprint density at radius 3 is 2.68 bits per heavy atom. The van der Waals surface area contributed by atoms with Crippen molar-refractivity contribution >= 4 is 5.91 Å². The molecule has 2 atom stereocenters. The van der Waals surface area contributed by atoms with Crippen LogP contribution in [-0.4, -0.2) is 57.1 Å². The Balaban J connectivity index is 1.39. The first-order chi connectivity index (χ1) is 13.6. The summed E-state index contributed by atoms with van der Waals surface area (Å²) >= 11 is 0. The summed E-state index contributed by atoms with van der Waals surface area (Å²) in [4.78, 5) is 22.5. The van der Waals surface area contributed by atoms with Gasteiger partial charge in [0.2, 0.25) is 5.91 Å². The second kappa shape index (κ2) is 6.99. The van der Waals surface area contributed by atoms with Crippen LogP contribution in [0.2, 0.25) is 0 Å². The molecule has 0 radical (unpaired) electrons. The monoisotopic (exact) mass is 379 g/mol. The highest BCUT2D eigenvalue weighted by molar-refractivity contribution is 5.79. The van der Waals surface area contributed by atoms with Gasteiger partial charge in [-0.1, -0.05) is 43.2 Å². The van der Waals surface area contributed by atoms with Gasteiger partial charge in [-0.3, -0.25) is 14.8 Å². The second-order valence-corrected chi connectivity index (χ2v) is 8.95. The molecule has 148 valence electrons. The molecule has 6 nitrogen and oxygen atoms in total. The molecule has 3 aliphatic rings. The molecule has 1 aromatic heterocycles. The molecule has 2 saturated heterocycles. The van der Waals surface area contributed by atoms with E-state index in [0.29, 0.717) is 11.8 Å². The Kier molecular flexibility index (Phi) is 4.46. The topological polar surface area (TPSA) is 65.1 Å². The number of hydrogen-bond donors (Lipinski definition) is 1. The zero-order chi connectivity index (χ0) is 19.1. The molecule has 1 saturated carbocycles. The number of benzene rings is 1. The van der Waals surface area contributed by atoms with E-state index in [4.69, 9.17) is 4.98 Å². The molecule has 0 bridgehead atoms. The van der Waals surface area contributed by atoms with Crippen LogP contribution in [-0.2, 0) is 16.8 Å². The number of rotatable bonds is 4. The van der Waals surface area contributed by atoms with Crippen molar-refractivity contribution in [2.24, 2.45) is 11.8 Å². The number of nitrogens with zero attached hydrogens (tertiary/aromatic N) is 4. The van der Waals surface area contributed by atoms with Gasteiger partial charge in [0.1, 0.15) is 5.82 Å². The summed E-state index contributed by atoms with van der Waals surface area (Å²) in [6, 6.07) is 10.6. The van der Waals surface area contributed by atoms with Crippen LogP contribution in [0.15, 0.2) is 30.3 Å². The number of H-pyrrole nitrogens is 1. The first-order valence-electron chi connectivity index (χ1n) is 10.6. The predicted molar refractivity (Wildman–Crippen MR) is 107 cm³/mol. The first-order valence-corrected chi connectivity index (χ1v) is 10.6. The Morgan fingerprint density at radius 1 is 1.18 bits per heavy atom. The van der Waals surface area contributed by atoms with Crippen molar-refractivity contribution in [2.75, 3.05) is 26.2 Å². The van der Waals surface area contributed by atoms with Crippen LogP contribution in [0.4, 0.5) is 0 Å².